The number of nitrogens with one attached hydrogen (secondary N) is 1. The highest BCUT2D eigenvalue weighted by Crippen LogP contribution is 2.66. The number of rotatable bonds is 6. The molecule has 2 bridgehead atoms. The van der Waals surface area contributed by atoms with Gasteiger partial charge in [-0.25, -0.2) is 0 Å². The third-order valence-corrected chi connectivity index (χ3v) is 8.03. The topological polar surface area (TPSA) is 91.3 Å². The van der Waals surface area contributed by atoms with Gasteiger partial charge in [-0.2, -0.15) is 0 Å². The molecule has 0 amide bonds. The number of likely N-dealkylation sites (tertiary alicyclic amines) is 1. The van der Waals surface area contributed by atoms with Crippen LogP contribution in [0, 0.1) is 0 Å². The van der Waals surface area contributed by atoms with Crippen molar-refractivity contribution in [2.75, 3.05) is 27.2 Å². The van der Waals surface area contributed by atoms with Crippen molar-refractivity contribution >= 4 is 5.97 Å². The van der Waals surface area contributed by atoms with E-state index in [-0.39, 0.29) is 41.4 Å². The molecule has 1 saturated heterocycles. The fourth-order valence-corrected chi connectivity index (χ4v) is 6.88. The Labute approximate surface area is 171 Å². The highest BCUT2D eigenvalue weighted by molar-refractivity contribution is 5.66. The summed E-state index contributed by atoms with van der Waals surface area (Å²) in [6.45, 7) is 1.61. The molecule has 0 unspecified atom stereocenters. The number of nitrogens with zero attached hydrogens (tertiary/aromatic N) is 1. The number of phenols is 1. The summed E-state index contributed by atoms with van der Waals surface area (Å²) in [6, 6.07) is 4.20. The molecule has 2 fully saturated rings. The lowest BCUT2D eigenvalue weighted by Gasteiger charge is -2.65. The van der Waals surface area contributed by atoms with Crippen molar-refractivity contribution in [3.05, 3.63) is 23.3 Å². The molecule has 5 atom stereocenters. The maximum atomic E-state index is 10.9. The van der Waals surface area contributed by atoms with Crippen LogP contribution in [0.5, 0.6) is 11.5 Å². The third-order valence-electron chi connectivity index (χ3n) is 8.03. The Morgan fingerprint density at radius 3 is 3.00 bits per heavy atom. The van der Waals surface area contributed by atoms with Crippen LogP contribution in [0.1, 0.15) is 43.2 Å². The second-order valence-corrected chi connectivity index (χ2v) is 9.10. The number of carboxylic acids is 1. The molecular formula is C22H30N2O5. The van der Waals surface area contributed by atoms with Gasteiger partial charge in [-0.15, -0.1) is 0 Å². The Bertz CT molecular complexity index is 845. The number of phenolic OH excluding ortho intramolecular Hbond substituents is 1. The van der Waals surface area contributed by atoms with Crippen LogP contribution in [0.4, 0.5) is 0 Å². The number of likely N-dealkylation sites (N-methyl/N-ethyl adjacent to an activating group) is 1. The Morgan fingerprint density at radius 2 is 2.24 bits per heavy atom. The lowest BCUT2D eigenvalue weighted by atomic mass is 9.48. The summed E-state index contributed by atoms with van der Waals surface area (Å²) in [7, 11) is 4.02. The number of methoxy groups -OCH3 is 1. The zero-order valence-electron chi connectivity index (χ0n) is 17.1. The molecule has 7 nitrogen and oxygen atoms in total. The van der Waals surface area contributed by atoms with Gasteiger partial charge in [-0.05, 0) is 63.9 Å². The summed E-state index contributed by atoms with van der Waals surface area (Å²) in [5, 5.41) is 23.1. The van der Waals surface area contributed by atoms with Crippen molar-refractivity contribution in [3.63, 3.8) is 0 Å². The van der Waals surface area contributed by atoms with Gasteiger partial charge in [0.25, 0.3) is 0 Å². The van der Waals surface area contributed by atoms with Crippen LogP contribution < -0.4 is 10.1 Å². The molecular weight excluding hydrogens is 372 g/mol. The first-order valence-electron chi connectivity index (χ1n) is 10.7. The molecule has 0 radical (unpaired) electrons. The number of aromatic hydroxyl groups is 1. The number of piperidine rings is 1. The second kappa shape index (κ2) is 6.59. The van der Waals surface area contributed by atoms with Crippen molar-refractivity contribution in [2.24, 2.45) is 0 Å². The average Bonchev–Trinajstić information content (AvgIpc) is 3.06. The predicted molar refractivity (Wildman–Crippen MR) is 107 cm³/mol. The normalized spacial score (nSPS) is 37.1. The number of ether oxygens (including phenoxy) is 2. The van der Waals surface area contributed by atoms with Gasteiger partial charge in [0, 0.05) is 31.2 Å². The van der Waals surface area contributed by atoms with Crippen LogP contribution in [0.25, 0.3) is 0 Å². The van der Waals surface area contributed by atoms with Crippen LogP contribution in [-0.4, -0.2) is 72.1 Å². The van der Waals surface area contributed by atoms with Crippen LogP contribution in [-0.2, 0) is 21.4 Å². The molecule has 5 rings (SSSR count). The Hall–Kier alpha value is -1.83. The molecule has 1 spiro atoms. The number of hydrogen-bond acceptors (Lipinski definition) is 6. The van der Waals surface area contributed by atoms with E-state index in [9.17, 15) is 9.90 Å². The molecule has 2 heterocycles. The quantitative estimate of drug-likeness (QED) is 0.623. The first-order valence-corrected chi connectivity index (χ1v) is 10.7. The number of carboxylic acid groups (broad SMARTS) is 1. The van der Waals surface area contributed by atoms with E-state index in [2.05, 4.69) is 23.3 Å². The Balaban J connectivity index is 1.57. The van der Waals surface area contributed by atoms with Crippen molar-refractivity contribution in [2.45, 2.75) is 67.7 Å². The Kier molecular flexibility index (Phi) is 4.35. The molecule has 4 aliphatic rings. The number of aliphatic carboxylic acids is 1. The van der Waals surface area contributed by atoms with Gasteiger partial charge in [-0.3, -0.25) is 4.79 Å². The lowest BCUT2D eigenvalue weighted by molar-refractivity contribution is -0.203. The van der Waals surface area contributed by atoms with Gasteiger partial charge in [-0.1, -0.05) is 6.07 Å². The summed E-state index contributed by atoms with van der Waals surface area (Å²) in [4.78, 5) is 13.3. The highest BCUT2D eigenvalue weighted by atomic mass is 16.5. The average molecular weight is 402 g/mol. The van der Waals surface area contributed by atoms with Crippen LogP contribution >= 0.6 is 0 Å². The maximum absolute atomic E-state index is 10.9. The monoisotopic (exact) mass is 402 g/mol. The zero-order chi connectivity index (χ0) is 20.4. The van der Waals surface area contributed by atoms with Gasteiger partial charge >= 0.3 is 5.97 Å². The van der Waals surface area contributed by atoms with E-state index < -0.39 is 5.97 Å². The van der Waals surface area contributed by atoms with Gasteiger partial charge in [0.1, 0.15) is 6.10 Å². The van der Waals surface area contributed by atoms with E-state index in [4.69, 9.17) is 14.6 Å². The van der Waals surface area contributed by atoms with E-state index in [0.29, 0.717) is 18.7 Å². The molecule has 3 N–H and O–H groups in total. The largest absolute Gasteiger partial charge is 0.504 e. The minimum Gasteiger partial charge on any atom is -0.504 e. The standard InChI is InChI=1S/C22H30N2O5/c1-24-11-9-21-18-13-5-6-15(25)19(18)29-20(21)14(23-10-3-4-17(26)27)7-8-22(21,28-2)16(24)12-13/h5-6,14,16,20,23,25H,3-4,7-12H2,1-2H3,(H,26,27)/t14-,16-,20+,21+,22-/m1/s1. The van der Waals surface area contributed by atoms with Gasteiger partial charge < -0.3 is 29.9 Å². The van der Waals surface area contributed by atoms with Gasteiger partial charge in [0.2, 0.25) is 0 Å². The van der Waals surface area contributed by atoms with Gasteiger partial charge in [0.05, 0.1) is 11.0 Å². The van der Waals surface area contributed by atoms with Crippen molar-refractivity contribution < 1.29 is 24.5 Å². The first-order chi connectivity index (χ1) is 13.9. The van der Waals surface area contributed by atoms with E-state index >= 15 is 0 Å². The Morgan fingerprint density at radius 1 is 1.41 bits per heavy atom. The second-order valence-electron chi connectivity index (χ2n) is 9.10. The summed E-state index contributed by atoms with van der Waals surface area (Å²) in [5.74, 6) is 0.0765. The minimum absolute atomic E-state index is 0.105. The van der Waals surface area contributed by atoms with E-state index in [1.165, 1.54) is 5.56 Å². The molecule has 1 saturated carbocycles. The van der Waals surface area contributed by atoms with Crippen LogP contribution in [0.3, 0.4) is 0 Å². The number of hydrogen-bond donors (Lipinski definition) is 3. The van der Waals surface area contributed by atoms with E-state index in [1.54, 1.807) is 6.07 Å². The molecule has 2 aliphatic heterocycles. The number of carbonyl (C=O) groups is 1. The fraction of sp³-hybridized carbons (Fsp3) is 0.682. The minimum atomic E-state index is -0.767. The fourth-order valence-electron chi connectivity index (χ4n) is 6.88. The molecule has 0 aromatic heterocycles. The SMILES string of the molecule is CO[C@@]12CC[C@@H](NCCCC(=O)O)[C@@H]3Oc4c(O)ccc5c4[C@@]31CCN(C)[C@@H]2C5. The maximum Gasteiger partial charge on any atom is 0.303 e. The molecule has 1 aromatic rings. The highest BCUT2D eigenvalue weighted by Gasteiger charge is 2.73. The predicted octanol–water partition coefficient (Wildman–Crippen LogP) is 1.65. The lowest BCUT2D eigenvalue weighted by Crippen LogP contribution is -2.78. The molecule has 29 heavy (non-hydrogen) atoms. The summed E-state index contributed by atoms with van der Waals surface area (Å²) >= 11 is 0. The first kappa shape index (κ1) is 19.2. The number of benzene rings is 1. The summed E-state index contributed by atoms with van der Waals surface area (Å²) in [6.07, 6.45) is 4.29. The summed E-state index contributed by atoms with van der Waals surface area (Å²) < 4.78 is 12.9. The molecule has 2 aliphatic carbocycles. The van der Waals surface area contributed by atoms with E-state index in [0.717, 1.165) is 37.8 Å². The molecule has 158 valence electrons. The van der Waals surface area contributed by atoms with Crippen LogP contribution in [0.15, 0.2) is 12.1 Å². The molecule has 7 heteroatoms. The van der Waals surface area contributed by atoms with Crippen molar-refractivity contribution in [3.8, 4) is 11.5 Å². The third kappa shape index (κ3) is 2.38. The smallest absolute Gasteiger partial charge is 0.303 e. The summed E-state index contributed by atoms with van der Waals surface area (Å²) in [5.41, 5.74) is 1.79. The molecule has 1 aromatic carbocycles. The zero-order valence-corrected chi connectivity index (χ0v) is 17.1. The van der Waals surface area contributed by atoms with Crippen molar-refractivity contribution in [1.29, 1.82) is 0 Å². The van der Waals surface area contributed by atoms with Crippen LogP contribution in [0.2, 0.25) is 0 Å². The van der Waals surface area contributed by atoms with Gasteiger partial charge in [0.15, 0.2) is 11.5 Å². The van der Waals surface area contributed by atoms with E-state index in [1.807, 2.05) is 7.11 Å². The van der Waals surface area contributed by atoms with Crippen molar-refractivity contribution in [1.82, 2.24) is 10.2 Å².